The van der Waals surface area contributed by atoms with Crippen LogP contribution in [0.4, 0.5) is 4.79 Å². The Morgan fingerprint density at radius 2 is 2.15 bits per heavy atom. The Hall–Kier alpha value is -2.84. The average molecular weight is 360 g/mol. The molecule has 0 aliphatic carbocycles. The molecule has 0 unspecified atom stereocenters. The number of furan rings is 1. The lowest BCUT2D eigenvalue weighted by Gasteiger charge is -2.32. The van der Waals surface area contributed by atoms with E-state index in [4.69, 9.17) is 4.42 Å². The highest BCUT2D eigenvalue weighted by Gasteiger charge is 2.28. The van der Waals surface area contributed by atoms with Gasteiger partial charge in [0.1, 0.15) is 17.9 Å². The highest BCUT2D eigenvalue weighted by atomic mass is 16.3. The predicted octanol–water partition coefficient (Wildman–Crippen LogP) is 1.21. The number of nitrogens with one attached hydrogen (secondary N) is 2. The maximum Gasteiger partial charge on any atom is 0.317 e. The molecule has 0 spiro atoms. The Labute approximate surface area is 151 Å². The smallest absolute Gasteiger partial charge is 0.317 e. The molecule has 0 saturated carbocycles. The van der Waals surface area contributed by atoms with Gasteiger partial charge in [-0.05, 0) is 31.9 Å². The van der Waals surface area contributed by atoms with E-state index in [2.05, 4.69) is 20.7 Å². The number of amides is 3. The van der Waals surface area contributed by atoms with Crippen molar-refractivity contribution in [3.05, 3.63) is 36.3 Å². The van der Waals surface area contributed by atoms with Crippen molar-refractivity contribution in [2.24, 2.45) is 13.0 Å². The molecule has 3 amide bonds. The second kappa shape index (κ2) is 8.03. The Bertz CT molecular complexity index is 734. The van der Waals surface area contributed by atoms with E-state index in [-0.39, 0.29) is 23.9 Å². The van der Waals surface area contributed by atoms with Gasteiger partial charge in [0.2, 0.25) is 5.91 Å². The largest absolute Gasteiger partial charge is 0.467 e. The number of aromatic nitrogens is 3. The van der Waals surface area contributed by atoms with Crippen LogP contribution in [0.5, 0.6) is 0 Å². The van der Waals surface area contributed by atoms with E-state index in [0.717, 1.165) is 5.76 Å². The first-order chi connectivity index (χ1) is 12.5. The molecule has 9 heteroatoms. The fraction of sp³-hybridized carbons (Fsp3) is 0.529. The molecule has 1 saturated heterocycles. The zero-order valence-electron chi connectivity index (χ0n) is 15.0. The molecule has 9 nitrogen and oxygen atoms in total. The van der Waals surface area contributed by atoms with Crippen LogP contribution in [-0.4, -0.2) is 44.7 Å². The fourth-order valence-electron chi connectivity index (χ4n) is 3.11. The second-order valence-electron chi connectivity index (χ2n) is 6.47. The first-order valence-corrected chi connectivity index (χ1v) is 8.74. The number of hydrogen-bond donors (Lipinski definition) is 2. The number of carbonyl (C=O) groups is 2. The number of carbonyl (C=O) groups excluding carboxylic acids is 2. The minimum absolute atomic E-state index is 0.00825. The van der Waals surface area contributed by atoms with Gasteiger partial charge in [0.05, 0.1) is 18.8 Å². The molecule has 0 bridgehead atoms. The summed E-state index contributed by atoms with van der Waals surface area (Å²) >= 11 is 0. The van der Waals surface area contributed by atoms with Crippen LogP contribution in [-0.2, 0) is 18.4 Å². The Kier molecular flexibility index (Phi) is 5.55. The van der Waals surface area contributed by atoms with Gasteiger partial charge in [-0.1, -0.05) is 0 Å². The predicted molar refractivity (Wildman–Crippen MR) is 92.8 cm³/mol. The fourth-order valence-corrected chi connectivity index (χ4v) is 3.11. The Balaban J connectivity index is 1.43. The number of hydrogen-bond acceptors (Lipinski definition) is 5. The van der Waals surface area contributed by atoms with Gasteiger partial charge >= 0.3 is 6.03 Å². The van der Waals surface area contributed by atoms with Crippen LogP contribution in [0, 0.1) is 5.92 Å². The summed E-state index contributed by atoms with van der Waals surface area (Å²) < 4.78 is 6.85. The van der Waals surface area contributed by atoms with E-state index < -0.39 is 0 Å². The molecule has 2 aromatic rings. The molecule has 3 rings (SSSR count). The lowest BCUT2D eigenvalue weighted by molar-refractivity contribution is -0.126. The summed E-state index contributed by atoms with van der Waals surface area (Å²) in [5.74, 6) is 1.36. The topological polar surface area (TPSA) is 105 Å². The van der Waals surface area contributed by atoms with Crippen LogP contribution >= 0.6 is 0 Å². The first-order valence-electron chi connectivity index (χ1n) is 8.74. The normalized spacial score (nSPS) is 16.3. The standard InChI is InChI=1S/C17H24N6O3/c1-12(15-19-11-20-22(15)2)21-17(25)23-7-5-13(6-8-23)16(24)18-10-14-4-3-9-26-14/h3-4,9,11-13H,5-8,10H2,1-2H3,(H,18,24)(H,21,25)/t12-/m0/s1. The Morgan fingerprint density at radius 3 is 2.77 bits per heavy atom. The van der Waals surface area contributed by atoms with Crippen molar-refractivity contribution in [3.63, 3.8) is 0 Å². The van der Waals surface area contributed by atoms with Crippen molar-refractivity contribution < 1.29 is 14.0 Å². The summed E-state index contributed by atoms with van der Waals surface area (Å²) in [4.78, 5) is 30.6. The van der Waals surface area contributed by atoms with E-state index in [1.807, 2.05) is 13.0 Å². The van der Waals surface area contributed by atoms with Gasteiger partial charge in [0.25, 0.3) is 0 Å². The molecule has 140 valence electrons. The van der Waals surface area contributed by atoms with Gasteiger partial charge in [-0.2, -0.15) is 5.10 Å². The maximum absolute atomic E-state index is 12.4. The zero-order chi connectivity index (χ0) is 18.5. The lowest BCUT2D eigenvalue weighted by Crippen LogP contribution is -2.47. The molecule has 1 fully saturated rings. The molecule has 0 aromatic carbocycles. The quantitative estimate of drug-likeness (QED) is 0.834. The monoisotopic (exact) mass is 360 g/mol. The molecule has 1 atom stereocenters. The molecule has 1 aliphatic heterocycles. The molecular weight excluding hydrogens is 336 g/mol. The molecular formula is C17H24N6O3. The van der Waals surface area contributed by atoms with Crippen molar-refractivity contribution in [2.45, 2.75) is 32.4 Å². The van der Waals surface area contributed by atoms with Crippen LogP contribution in [0.1, 0.15) is 37.4 Å². The van der Waals surface area contributed by atoms with E-state index in [1.165, 1.54) is 6.33 Å². The van der Waals surface area contributed by atoms with Gasteiger partial charge in [-0.25, -0.2) is 9.78 Å². The van der Waals surface area contributed by atoms with E-state index in [9.17, 15) is 9.59 Å². The second-order valence-corrected chi connectivity index (χ2v) is 6.47. The number of urea groups is 1. The summed E-state index contributed by atoms with van der Waals surface area (Å²) in [5.41, 5.74) is 0. The molecule has 2 N–H and O–H groups in total. The van der Waals surface area contributed by atoms with Crippen LogP contribution < -0.4 is 10.6 Å². The molecule has 26 heavy (non-hydrogen) atoms. The van der Waals surface area contributed by atoms with Gasteiger partial charge in [-0.15, -0.1) is 0 Å². The molecule has 2 aromatic heterocycles. The van der Waals surface area contributed by atoms with Crippen molar-refractivity contribution in [1.29, 1.82) is 0 Å². The van der Waals surface area contributed by atoms with Crippen molar-refractivity contribution in [3.8, 4) is 0 Å². The number of nitrogens with zero attached hydrogens (tertiary/aromatic N) is 4. The SMILES string of the molecule is C[C@H](NC(=O)N1CCC(C(=O)NCc2ccco2)CC1)c1ncnn1C. The van der Waals surface area contributed by atoms with Gasteiger partial charge < -0.3 is 20.0 Å². The summed E-state index contributed by atoms with van der Waals surface area (Å²) in [6, 6.07) is 3.24. The van der Waals surface area contributed by atoms with Crippen LogP contribution in [0.25, 0.3) is 0 Å². The summed E-state index contributed by atoms with van der Waals surface area (Å²) in [7, 11) is 1.79. The van der Waals surface area contributed by atoms with Gasteiger partial charge in [0.15, 0.2) is 0 Å². The summed E-state index contributed by atoms with van der Waals surface area (Å²) in [6.07, 6.45) is 4.34. The van der Waals surface area contributed by atoms with E-state index >= 15 is 0 Å². The van der Waals surface area contributed by atoms with Gasteiger partial charge in [-0.3, -0.25) is 9.48 Å². The van der Waals surface area contributed by atoms with Crippen molar-refractivity contribution in [1.82, 2.24) is 30.3 Å². The summed E-state index contributed by atoms with van der Waals surface area (Å²) in [5, 5.41) is 9.83. The highest BCUT2D eigenvalue weighted by molar-refractivity contribution is 5.79. The van der Waals surface area contributed by atoms with Crippen LogP contribution in [0.2, 0.25) is 0 Å². The molecule has 0 radical (unpaired) electrons. The first kappa shape index (κ1) is 18.0. The summed E-state index contributed by atoms with van der Waals surface area (Å²) in [6.45, 7) is 3.37. The minimum Gasteiger partial charge on any atom is -0.467 e. The lowest BCUT2D eigenvalue weighted by atomic mass is 9.96. The third kappa shape index (κ3) is 4.22. The number of likely N-dealkylation sites (tertiary alicyclic amines) is 1. The van der Waals surface area contributed by atoms with Gasteiger partial charge in [0, 0.05) is 26.1 Å². The van der Waals surface area contributed by atoms with Crippen LogP contribution in [0.3, 0.4) is 0 Å². The number of rotatable bonds is 5. The van der Waals surface area contributed by atoms with Crippen LogP contribution in [0.15, 0.2) is 29.1 Å². The highest BCUT2D eigenvalue weighted by Crippen LogP contribution is 2.18. The third-order valence-electron chi connectivity index (χ3n) is 4.64. The zero-order valence-corrected chi connectivity index (χ0v) is 15.0. The average Bonchev–Trinajstić information content (AvgIpc) is 3.31. The maximum atomic E-state index is 12.4. The molecule has 1 aliphatic rings. The van der Waals surface area contributed by atoms with Crippen molar-refractivity contribution >= 4 is 11.9 Å². The van der Waals surface area contributed by atoms with Crippen molar-refractivity contribution in [2.75, 3.05) is 13.1 Å². The minimum atomic E-state index is -0.232. The number of aryl methyl sites for hydroxylation is 1. The Morgan fingerprint density at radius 1 is 1.38 bits per heavy atom. The van der Waals surface area contributed by atoms with E-state index in [1.54, 1.807) is 29.0 Å². The third-order valence-corrected chi connectivity index (χ3v) is 4.64. The number of piperidine rings is 1. The van der Waals surface area contributed by atoms with E-state index in [0.29, 0.717) is 38.3 Å². The molecule has 3 heterocycles.